The molecule has 0 bridgehead atoms. The minimum absolute atomic E-state index is 0.0879. The number of hydrogen-bond acceptors (Lipinski definition) is 10. The van der Waals surface area contributed by atoms with Gasteiger partial charge in [-0.3, -0.25) is 38.8 Å². The maximum Gasteiger partial charge on any atom is 0.245 e. The summed E-state index contributed by atoms with van der Waals surface area (Å²) in [6, 6.07) is -4.61. The summed E-state index contributed by atoms with van der Waals surface area (Å²) in [5.41, 5.74) is 27.4. The SMILES string of the molecule is CCC(C)C(=O)N[C@@H](CCCN=C(N)N)C(=O)CC(C)C(=O)N[C@H](C(=O)N[C@@H](CCCN=C(N)N)C(=O)N1CCC[C@H]1C(=O)N[C@H](C=O)CCCCN)[C@@H](C)CC. The van der Waals surface area contributed by atoms with E-state index in [-0.39, 0.29) is 74.3 Å². The third-order valence-electron chi connectivity index (χ3n) is 10.3. The van der Waals surface area contributed by atoms with Gasteiger partial charge in [0, 0.05) is 37.9 Å². The highest BCUT2D eigenvalue weighted by molar-refractivity contribution is 5.96. The lowest BCUT2D eigenvalue weighted by Crippen LogP contribution is -2.58. The summed E-state index contributed by atoms with van der Waals surface area (Å²) >= 11 is 0. The molecule has 0 aromatic rings. The first kappa shape index (κ1) is 50.2. The van der Waals surface area contributed by atoms with Gasteiger partial charge in [0.1, 0.15) is 24.4 Å². The Labute approximate surface area is 337 Å². The molecule has 0 aromatic carbocycles. The molecule has 5 amide bonds. The van der Waals surface area contributed by atoms with E-state index >= 15 is 0 Å². The molecule has 324 valence electrons. The van der Waals surface area contributed by atoms with Gasteiger partial charge >= 0.3 is 0 Å². The molecule has 2 unspecified atom stereocenters. The molecular formula is C38H70N12O7. The third kappa shape index (κ3) is 18.3. The molecule has 1 saturated heterocycles. The summed E-state index contributed by atoms with van der Waals surface area (Å²) in [6.45, 7) is 9.98. The van der Waals surface area contributed by atoms with Gasteiger partial charge in [-0.1, -0.05) is 41.0 Å². The van der Waals surface area contributed by atoms with Gasteiger partial charge < -0.3 is 59.6 Å². The van der Waals surface area contributed by atoms with Crippen LogP contribution in [-0.2, 0) is 33.6 Å². The molecule has 1 fully saturated rings. The van der Waals surface area contributed by atoms with Crippen molar-refractivity contribution in [1.29, 1.82) is 0 Å². The van der Waals surface area contributed by atoms with E-state index in [1.807, 2.05) is 13.8 Å². The van der Waals surface area contributed by atoms with Crippen molar-refractivity contribution in [1.82, 2.24) is 26.2 Å². The van der Waals surface area contributed by atoms with Crippen LogP contribution < -0.4 is 49.9 Å². The Kier molecular flexibility index (Phi) is 23.7. The fourth-order valence-electron chi connectivity index (χ4n) is 6.34. The highest BCUT2D eigenvalue weighted by Gasteiger charge is 2.39. The van der Waals surface area contributed by atoms with E-state index in [0.717, 1.165) is 0 Å². The molecule has 19 nitrogen and oxygen atoms in total. The van der Waals surface area contributed by atoms with Crippen molar-refractivity contribution in [2.24, 2.45) is 56.4 Å². The molecule has 1 aliphatic rings. The summed E-state index contributed by atoms with van der Waals surface area (Å²) in [4.78, 5) is 102. The third-order valence-corrected chi connectivity index (χ3v) is 10.3. The Morgan fingerprint density at radius 3 is 1.86 bits per heavy atom. The Morgan fingerprint density at radius 1 is 0.737 bits per heavy atom. The molecule has 0 saturated carbocycles. The lowest BCUT2D eigenvalue weighted by atomic mass is 9.93. The summed E-state index contributed by atoms with van der Waals surface area (Å²) in [6.07, 6.45) is 5.32. The highest BCUT2D eigenvalue weighted by Crippen LogP contribution is 2.21. The first-order valence-electron chi connectivity index (χ1n) is 20.3. The molecule has 8 atom stereocenters. The molecule has 1 rings (SSSR count). The van der Waals surface area contributed by atoms with Crippen LogP contribution in [-0.4, -0.2) is 115 Å². The maximum absolute atomic E-state index is 14.1. The average molecular weight is 807 g/mol. The number of carbonyl (C=O) groups excluding carboxylic acids is 7. The molecule has 14 N–H and O–H groups in total. The number of nitrogens with one attached hydrogen (secondary N) is 4. The predicted octanol–water partition coefficient (Wildman–Crippen LogP) is -0.961. The van der Waals surface area contributed by atoms with Gasteiger partial charge in [-0.2, -0.15) is 0 Å². The van der Waals surface area contributed by atoms with Crippen LogP contribution in [0.4, 0.5) is 0 Å². The van der Waals surface area contributed by atoms with Crippen LogP contribution in [0.5, 0.6) is 0 Å². The van der Waals surface area contributed by atoms with Gasteiger partial charge in [0.15, 0.2) is 17.7 Å². The largest absolute Gasteiger partial charge is 0.370 e. The standard InChI is InChI=1S/C38H70N12O7/c1-6-23(3)31(49-33(54)25(5)21-30(52)27(14-10-18-44-37(40)41)47-32(53)24(4)7-2)35(56)48-28(15-11-19-45-38(42)43)36(57)50-20-12-16-29(50)34(55)46-26(22-51)13-8-9-17-39/h22-29,31H,6-21,39H2,1-5H3,(H,46,55)(H,47,53)(H,48,56)(H,49,54)(H4,40,41,44)(H4,42,43,45)/t23-,24?,25?,26-,27-,28-,29-,31-/m0/s1. The molecule has 57 heavy (non-hydrogen) atoms. The normalized spacial score (nSPS) is 17.4. The van der Waals surface area contributed by atoms with E-state index in [9.17, 15) is 33.6 Å². The topological polar surface area (TPSA) is 326 Å². The van der Waals surface area contributed by atoms with Gasteiger partial charge in [0.05, 0.1) is 12.1 Å². The molecule has 0 radical (unpaired) electrons. The maximum atomic E-state index is 14.1. The van der Waals surface area contributed by atoms with Crippen LogP contribution >= 0.6 is 0 Å². The first-order chi connectivity index (χ1) is 27.0. The zero-order valence-electron chi connectivity index (χ0n) is 34.6. The Balaban J connectivity index is 3.21. The van der Waals surface area contributed by atoms with Crippen LogP contribution in [0.25, 0.3) is 0 Å². The lowest BCUT2D eigenvalue weighted by molar-refractivity contribution is -0.142. The fraction of sp³-hybridized carbons (Fsp3) is 0.763. The first-order valence-corrected chi connectivity index (χ1v) is 20.3. The zero-order valence-corrected chi connectivity index (χ0v) is 34.6. The summed E-state index contributed by atoms with van der Waals surface area (Å²) in [5, 5.41) is 11.2. The molecule has 0 aliphatic carbocycles. The van der Waals surface area contributed by atoms with Crippen LogP contribution in [0.2, 0.25) is 0 Å². The number of carbonyl (C=O) groups is 7. The Bertz CT molecular complexity index is 1390. The van der Waals surface area contributed by atoms with Gasteiger partial charge in [-0.25, -0.2) is 0 Å². The molecular weight excluding hydrogens is 736 g/mol. The van der Waals surface area contributed by atoms with E-state index in [0.29, 0.717) is 70.6 Å². The second kappa shape index (κ2) is 26.9. The minimum Gasteiger partial charge on any atom is -0.370 e. The Morgan fingerprint density at radius 2 is 1.32 bits per heavy atom. The molecule has 1 aliphatic heterocycles. The number of nitrogens with two attached hydrogens (primary N) is 5. The number of nitrogens with zero attached hydrogens (tertiary/aromatic N) is 3. The quantitative estimate of drug-likeness (QED) is 0.0200. The summed E-state index contributed by atoms with van der Waals surface area (Å²) in [7, 11) is 0. The van der Waals surface area contributed by atoms with Gasteiger partial charge in [-0.05, 0) is 76.7 Å². The number of unbranched alkanes of at least 4 members (excludes halogenated alkanes) is 1. The van der Waals surface area contributed by atoms with Crippen molar-refractivity contribution in [3.8, 4) is 0 Å². The summed E-state index contributed by atoms with van der Waals surface area (Å²) in [5.74, 6) is -4.54. The van der Waals surface area contributed by atoms with Crippen molar-refractivity contribution in [2.45, 2.75) is 142 Å². The Hall–Kier alpha value is -4.81. The zero-order chi connectivity index (χ0) is 43.1. The van der Waals surface area contributed by atoms with Crippen molar-refractivity contribution in [2.75, 3.05) is 26.2 Å². The van der Waals surface area contributed by atoms with Crippen molar-refractivity contribution in [3.05, 3.63) is 0 Å². The molecule has 1 heterocycles. The number of hydrogen-bond donors (Lipinski definition) is 9. The second-order valence-corrected chi connectivity index (χ2v) is 15.0. The second-order valence-electron chi connectivity index (χ2n) is 15.0. The molecule has 0 aromatic heterocycles. The minimum atomic E-state index is -1.09. The van der Waals surface area contributed by atoms with E-state index in [1.165, 1.54) is 4.90 Å². The number of aliphatic imine (C=N–C) groups is 2. The highest BCUT2D eigenvalue weighted by atomic mass is 16.2. The van der Waals surface area contributed by atoms with E-state index < -0.39 is 59.8 Å². The van der Waals surface area contributed by atoms with Gasteiger partial charge in [0.2, 0.25) is 29.5 Å². The lowest BCUT2D eigenvalue weighted by Gasteiger charge is -2.31. The average Bonchev–Trinajstić information content (AvgIpc) is 3.67. The number of guanidine groups is 2. The smallest absolute Gasteiger partial charge is 0.245 e. The van der Waals surface area contributed by atoms with Crippen molar-refractivity contribution in [3.63, 3.8) is 0 Å². The van der Waals surface area contributed by atoms with Crippen LogP contribution in [0, 0.1) is 17.8 Å². The van der Waals surface area contributed by atoms with Crippen molar-refractivity contribution < 1.29 is 33.6 Å². The van der Waals surface area contributed by atoms with Crippen LogP contribution in [0.3, 0.4) is 0 Å². The number of likely N-dealkylation sites (tertiary alicyclic amines) is 1. The number of ketones is 1. The monoisotopic (exact) mass is 807 g/mol. The summed E-state index contributed by atoms with van der Waals surface area (Å²) < 4.78 is 0. The number of amides is 5. The van der Waals surface area contributed by atoms with Crippen LogP contribution in [0.15, 0.2) is 9.98 Å². The van der Waals surface area contributed by atoms with Gasteiger partial charge in [-0.15, -0.1) is 0 Å². The van der Waals surface area contributed by atoms with Crippen LogP contribution in [0.1, 0.15) is 112 Å². The molecule has 0 spiro atoms. The van der Waals surface area contributed by atoms with E-state index in [2.05, 4.69) is 31.3 Å². The molecule has 19 heteroatoms. The fourth-order valence-corrected chi connectivity index (χ4v) is 6.34. The van der Waals surface area contributed by atoms with Crippen molar-refractivity contribution >= 4 is 53.5 Å². The van der Waals surface area contributed by atoms with Gasteiger partial charge in [0.25, 0.3) is 0 Å². The number of rotatable bonds is 28. The van der Waals surface area contributed by atoms with E-state index in [1.54, 1.807) is 20.8 Å². The number of Topliss-reactive ketones (excluding diaryl/α,β-unsaturated/α-hetero) is 1. The predicted molar refractivity (Wildman–Crippen MR) is 219 cm³/mol. The van der Waals surface area contributed by atoms with E-state index in [4.69, 9.17) is 28.7 Å². The number of aldehydes is 1.